The van der Waals surface area contributed by atoms with Gasteiger partial charge in [0.15, 0.2) is 0 Å². The summed E-state index contributed by atoms with van der Waals surface area (Å²) in [4.78, 5) is 28.5. The Morgan fingerprint density at radius 3 is 2.56 bits per heavy atom. The molecule has 1 amide bonds. The fourth-order valence-corrected chi connectivity index (χ4v) is 2.02. The van der Waals surface area contributed by atoms with Crippen molar-refractivity contribution in [1.82, 2.24) is 19.7 Å². The summed E-state index contributed by atoms with van der Waals surface area (Å²) in [5.41, 5.74) is -0.704. The molecule has 0 bridgehead atoms. The molecule has 18 heavy (non-hydrogen) atoms. The second-order valence-electron chi connectivity index (χ2n) is 4.84. The van der Waals surface area contributed by atoms with E-state index in [1.807, 2.05) is 0 Å². The molecule has 7 heteroatoms. The number of aliphatic carboxylic acids is 1. The number of aromatic nitrogens is 3. The number of carboxylic acids is 1. The van der Waals surface area contributed by atoms with E-state index in [4.69, 9.17) is 5.11 Å². The van der Waals surface area contributed by atoms with Crippen molar-refractivity contribution in [3.63, 3.8) is 0 Å². The molecule has 2 heterocycles. The van der Waals surface area contributed by atoms with Crippen molar-refractivity contribution in [2.24, 2.45) is 5.41 Å². The molecule has 1 aromatic rings. The number of likely N-dealkylation sites (tertiary alicyclic amines) is 1. The normalized spacial score (nSPS) is 18.6. The first-order valence-corrected chi connectivity index (χ1v) is 5.85. The second kappa shape index (κ2) is 4.75. The number of carboxylic acid groups (broad SMARTS) is 1. The number of carbonyl (C=O) groups excluding carboxylic acids is 1. The van der Waals surface area contributed by atoms with Crippen LogP contribution in [-0.4, -0.2) is 49.7 Å². The highest BCUT2D eigenvalue weighted by Crippen LogP contribution is 2.31. The topological polar surface area (TPSA) is 88.3 Å². The van der Waals surface area contributed by atoms with Crippen LogP contribution >= 0.6 is 0 Å². The molecule has 1 fully saturated rings. The molecule has 7 nitrogen and oxygen atoms in total. The largest absolute Gasteiger partial charge is 0.481 e. The first kappa shape index (κ1) is 12.5. The lowest BCUT2D eigenvalue weighted by atomic mass is 9.80. The van der Waals surface area contributed by atoms with Crippen LogP contribution in [0.5, 0.6) is 0 Å². The Balaban J connectivity index is 1.90. The zero-order chi connectivity index (χ0) is 13.2. The van der Waals surface area contributed by atoms with Gasteiger partial charge in [-0.3, -0.25) is 9.59 Å². The second-order valence-corrected chi connectivity index (χ2v) is 4.84. The van der Waals surface area contributed by atoms with Crippen molar-refractivity contribution in [2.75, 3.05) is 13.1 Å². The lowest BCUT2D eigenvalue weighted by Crippen LogP contribution is -2.46. The van der Waals surface area contributed by atoms with E-state index in [2.05, 4.69) is 10.1 Å². The minimum Gasteiger partial charge on any atom is -0.481 e. The molecule has 1 saturated heterocycles. The smallest absolute Gasteiger partial charge is 0.309 e. The molecule has 0 unspecified atom stereocenters. The molecule has 1 aliphatic rings. The van der Waals surface area contributed by atoms with Crippen LogP contribution in [0.1, 0.15) is 19.8 Å². The monoisotopic (exact) mass is 252 g/mol. The van der Waals surface area contributed by atoms with Gasteiger partial charge in [-0.15, -0.1) is 0 Å². The number of hydrogen-bond donors (Lipinski definition) is 1. The summed E-state index contributed by atoms with van der Waals surface area (Å²) < 4.78 is 1.47. The van der Waals surface area contributed by atoms with Gasteiger partial charge in [0.1, 0.15) is 19.2 Å². The zero-order valence-corrected chi connectivity index (χ0v) is 10.2. The number of rotatable bonds is 3. The van der Waals surface area contributed by atoms with Crippen LogP contribution in [0.25, 0.3) is 0 Å². The van der Waals surface area contributed by atoms with Gasteiger partial charge in [-0.05, 0) is 19.8 Å². The van der Waals surface area contributed by atoms with Crippen molar-refractivity contribution in [3.05, 3.63) is 12.7 Å². The van der Waals surface area contributed by atoms with Crippen molar-refractivity contribution in [3.8, 4) is 0 Å². The highest BCUT2D eigenvalue weighted by Gasteiger charge is 2.37. The van der Waals surface area contributed by atoms with Gasteiger partial charge in [0.25, 0.3) is 0 Å². The van der Waals surface area contributed by atoms with E-state index in [1.165, 1.54) is 17.3 Å². The fourth-order valence-electron chi connectivity index (χ4n) is 2.02. The average Bonchev–Trinajstić information content (AvgIpc) is 2.82. The Hall–Kier alpha value is -1.92. The standard InChI is InChI=1S/C11H16N4O3/c1-11(10(17)18)2-4-14(5-3-11)9(16)6-15-8-12-7-13-15/h7-8H,2-6H2,1H3,(H,17,18). The molecule has 0 aliphatic carbocycles. The van der Waals surface area contributed by atoms with Crippen LogP contribution in [0.2, 0.25) is 0 Å². The third-order valence-corrected chi connectivity index (χ3v) is 3.50. The summed E-state index contributed by atoms with van der Waals surface area (Å²) in [6, 6.07) is 0. The molecular weight excluding hydrogens is 236 g/mol. The van der Waals surface area contributed by atoms with Crippen molar-refractivity contribution in [2.45, 2.75) is 26.3 Å². The zero-order valence-electron chi connectivity index (χ0n) is 10.2. The van der Waals surface area contributed by atoms with Gasteiger partial charge < -0.3 is 10.0 Å². The Kier molecular flexibility index (Phi) is 3.31. The number of amides is 1. The van der Waals surface area contributed by atoms with Gasteiger partial charge in [-0.25, -0.2) is 9.67 Å². The Bertz CT molecular complexity index is 435. The Labute approximate surface area is 104 Å². The first-order valence-electron chi connectivity index (χ1n) is 5.85. The predicted molar refractivity (Wildman–Crippen MR) is 61.6 cm³/mol. The van der Waals surface area contributed by atoms with Crippen LogP contribution < -0.4 is 0 Å². The lowest BCUT2D eigenvalue weighted by molar-refractivity contribution is -0.153. The van der Waals surface area contributed by atoms with E-state index < -0.39 is 11.4 Å². The third kappa shape index (κ3) is 2.49. The highest BCUT2D eigenvalue weighted by molar-refractivity contribution is 5.77. The van der Waals surface area contributed by atoms with E-state index in [9.17, 15) is 9.59 Å². The number of nitrogens with zero attached hydrogens (tertiary/aromatic N) is 4. The summed E-state index contributed by atoms with van der Waals surface area (Å²) in [6.45, 7) is 2.85. The predicted octanol–water partition coefficient (Wildman–Crippen LogP) is -0.00860. The van der Waals surface area contributed by atoms with Crippen LogP contribution in [0, 0.1) is 5.41 Å². The average molecular weight is 252 g/mol. The number of carbonyl (C=O) groups is 2. The maximum atomic E-state index is 11.9. The molecule has 0 atom stereocenters. The van der Waals surface area contributed by atoms with Crippen LogP contribution in [0.3, 0.4) is 0 Å². The highest BCUT2D eigenvalue weighted by atomic mass is 16.4. The van der Waals surface area contributed by atoms with Gasteiger partial charge in [0, 0.05) is 13.1 Å². The van der Waals surface area contributed by atoms with Gasteiger partial charge >= 0.3 is 5.97 Å². The lowest BCUT2D eigenvalue weighted by Gasteiger charge is -2.36. The van der Waals surface area contributed by atoms with Crippen LogP contribution in [-0.2, 0) is 16.1 Å². The summed E-state index contributed by atoms with van der Waals surface area (Å²) >= 11 is 0. The minimum absolute atomic E-state index is 0.0482. The van der Waals surface area contributed by atoms with Gasteiger partial charge in [-0.2, -0.15) is 5.10 Å². The maximum absolute atomic E-state index is 11.9. The summed E-state index contributed by atoms with van der Waals surface area (Å²) in [7, 11) is 0. The molecule has 98 valence electrons. The molecule has 0 aromatic carbocycles. The maximum Gasteiger partial charge on any atom is 0.309 e. The Morgan fingerprint density at radius 1 is 1.39 bits per heavy atom. The molecule has 1 aliphatic heterocycles. The van der Waals surface area contributed by atoms with E-state index in [0.717, 1.165) is 0 Å². The van der Waals surface area contributed by atoms with Crippen LogP contribution in [0.15, 0.2) is 12.7 Å². The van der Waals surface area contributed by atoms with Crippen LogP contribution in [0.4, 0.5) is 0 Å². The van der Waals surface area contributed by atoms with Crippen molar-refractivity contribution >= 4 is 11.9 Å². The van der Waals surface area contributed by atoms with Gasteiger partial charge in [0.05, 0.1) is 5.41 Å². The molecule has 0 radical (unpaired) electrons. The molecule has 1 N–H and O–H groups in total. The molecule has 1 aromatic heterocycles. The minimum atomic E-state index is -0.786. The first-order chi connectivity index (χ1) is 8.51. The third-order valence-electron chi connectivity index (χ3n) is 3.50. The summed E-state index contributed by atoms with van der Waals surface area (Å²) in [5, 5.41) is 13.0. The van der Waals surface area contributed by atoms with Crippen molar-refractivity contribution in [1.29, 1.82) is 0 Å². The van der Waals surface area contributed by atoms with Gasteiger partial charge in [0.2, 0.25) is 5.91 Å². The number of piperidine rings is 1. The molecule has 0 spiro atoms. The summed E-state index contributed by atoms with van der Waals surface area (Å²) in [6.07, 6.45) is 3.85. The van der Waals surface area contributed by atoms with E-state index in [-0.39, 0.29) is 12.5 Å². The molecular formula is C11H16N4O3. The SMILES string of the molecule is CC1(C(=O)O)CCN(C(=O)Cn2cncn2)CC1. The quantitative estimate of drug-likeness (QED) is 0.817. The van der Waals surface area contributed by atoms with Crippen molar-refractivity contribution < 1.29 is 14.7 Å². The number of hydrogen-bond acceptors (Lipinski definition) is 4. The van der Waals surface area contributed by atoms with E-state index in [0.29, 0.717) is 25.9 Å². The van der Waals surface area contributed by atoms with Gasteiger partial charge in [-0.1, -0.05) is 0 Å². The van der Waals surface area contributed by atoms with E-state index in [1.54, 1.807) is 11.8 Å². The molecule has 2 rings (SSSR count). The van der Waals surface area contributed by atoms with E-state index >= 15 is 0 Å². The molecule has 0 saturated carbocycles. The Morgan fingerprint density at radius 2 is 2.06 bits per heavy atom. The summed E-state index contributed by atoms with van der Waals surface area (Å²) in [5.74, 6) is -0.834. The fraction of sp³-hybridized carbons (Fsp3) is 0.636.